The van der Waals surface area contributed by atoms with Crippen LogP contribution in [0.5, 0.6) is 0 Å². The molecule has 4 nitrogen and oxygen atoms in total. The highest BCUT2D eigenvalue weighted by Crippen LogP contribution is 2.39. The normalized spacial score (nSPS) is 19.8. The molecule has 0 unspecified atom stereocenters. The lowest BCUT2D eigenvalue weighted by Gasteiger charge is -2.43. The van der Waals surface area contributed by atoms with Gasteiger partial charge < -0.3 is 0 Å². The third-order valence-corrected chi connectivity index (χ3v) is 6.22. The summed E-state index contributed by atoms with van der Waals surface area (Å²) < 4.78 is 0. The van der Waals surface area contributed by atoms with E-state index in [0.717, 1.165) is 38.9 Å². The summed E-state index contributed by atoms with van der Waals surface area (Å²) in [5.74, 6) is 0.136. The Morgan fingerprint density at radius 3 is 2.56 bits per heavy atom. The standard InChI is InChI=1S/C23H28N2O2/c1-18-6-3-4-9-21(18)20-8-5-7-19(16-20)17-24-14-12-23(13-15-24)11-10-22(26)25(23)27-2/h3-9,16H,10-15,17H2,1-2H3. The number of benzene rings is 2. The van der Waals surface area contributed by atoms with Crippen molar-refractivity contribution in [2.45, 2.75) is 44.7 Å². The van der Waals surface area contributed by atoms with E-state index in [1.54, 1.807) is 12.2 Å². The molecule has 2 aromatic rings. The Labute approximate surface area is 161 Å². The molecule has 0 aromatic heterocycles. The summed E-state index contributed by atoms with van der Waals surface area (Å²) in [7, 11) is 1.62. The number of carbonyl (C=O) groups excluding carboxylic acids is 1. The van der Waals surface area contributed by atoms with E-state index in [2.05, 4.69) is 60.4 Å². The molecule has 2 aliphatic rings. The molecule has 1 spiro atoms. The Morgan fingerprint density at radius 1 is 1.04 bits per heavy atom. The molecular formula is C23H28N2O2. The predicted molar refractivity (Wildman–Crippen MR) is 107 cm³/mol. The van der Waals surface area contributed by atoms with E-state index in [1.807, 2.05) is 0 Å². The van der Waals surface area contributed by atoms with Crippen LogP contribution in [0.2, 0.25) is 0 Å². The molecule has 0 saturated carbocycles. The van der Waals surface area contributed by atoms with Crippen molar-refractivity contribution in [3.63, 3.8) is 0 Å². The molecule has 2 aliphatic heterocycles. The molecule has 2 aromatic carbocycles. The molecule has 0 N–H and O–H groups in total. The first-order valence-corrected chi connectivity index (χ1v) is 9.86. The molecule has 2 fully saturated rings. The maximum Gasteiger partial charge on any atom is 0.246 e. The van der Waals surface area contributed by atoms with Gasteiger partial charge in [-0.1, -0.05) is 42.5 Å². The van der Waals surface area contributed by atoms with E-state index in [4.69, 9.17) is 4.84 Å². The van der Waals surface area contributed by atoms with Gasteiger partial charge in [0.15, 0.2) is 0 Å². The second kappa shape index (κ2) is 7.45. The Morgan fingerprint density at radius 2 is 1.81 bits per heavy atom. The molecule has 0 bridgehead atoms. The summed E-state index contributed by atoms with van der Waals surface area (Å²) in [4.78, 5) is 19.9. The molecule has 27 heavy (non-hydrogen) atoms. The van der Waals surface area contributed by atoms with Gasteiger partial charge in [0.2, 0.25) is 5.91 Å². The minimum atomic E-state index is -0.0780. The van der Waals surface area contributed by atoms with Gasteiger partial charge in [-0.25, -0.2) is 5.06 Å². The Balaban J connectivity index is 1.44. The predicted octanol–water partition coefficient (Wildman–Crippen LogP) is 4.18. The van der Waals surface area contributed by atoms with E-state index in [-0.39, 0.29) is 11.4 Å². The van der Waals surface area contributed by atoms with Crippen molar-refractivity contribution in [1.29, 1.82) is 0 Å². The Kier molecular flexibility index (Phi) is 5.02. The molecule has 4 rings (SSSR count). The molecule has 4 heteroatoms. The second-order valence-corrected chi connectivity index (χ2v) is 7.89. The smallest absolute Gasteiger partial charge is 0.246 e. The lowest BCUT2D eigenvalue weighted by Crippen LogP contribution is -2.52. The van der Waals surface area contributed by atoms with E-state index in [0.29, 0.717) is 6.42 Å². The summed E-state index contributed by atoms with van der Waals surface area (Å²) in [6, 6.07) is 17.4. The number of carbonyl (C=O) groups is 1. The van der Waals surface area contributed by atoms with Crippen LogP contribution < -0.4 is 0 Å². The summed E-state index contributed by atoms with van der Waals surface area (Å²) in [5.41, 5.74) is 5.16. The van der Waals surface area contributed by atoms with E-state index in [9.17, 15) is 4.79 Å². The molecule has 1 amide bonds. The highest BCUT2D eigenvalue weighted by Gasteiger charge is 2.47. The van der Waals surface area contributed by atoms with Gasteiger partial charge in [-0.15, -0.1) is 0 Å². The van der Waals surface area contributed by atoms with Crippen LogP contribution in [-0.4, -0.2) is 41.6 Å². The number of piperidine rings is 1. The maximum atomic E-state index is 12.0. The van der Waals surface area contributed by atoms with Crippen LogP contribution >= 0.6 is 0 Å². The molecule has 0 radical (unpaired) electrons. The number of nitrogens with zero attached hydrogens (tertiary/aromatic N) is 2. The molecule has 2 heterocycles. The van der Waals surface area contributed by atoms with Crippen LogP contribution in [-0.2, 0) is 16.2 Å². The fraction of sp³-hybridized carbons (Fsp3) is 0.435. The molecule has 142 valence electrons. The van der Waals surface area contributed by atoms with E-state index in [1.165, 1.54) is 22.3 Å². The van der Waals surface area contributed by atoms with Crippen LogP contribution in [0, 0.1) is 6.92 Å². The minimum Gasteiger partial charge on any atom is -0.299 e. The average Bonchev–Trinajstić information content (AvgIpc) is 2.99. The van der Waals surface area contributed by atoms with Crippen LogP contribution in [0.1, 0.15) is 36.8 Å². The SMILES string of the molecule is CON1C(=O)CCC12CCN(Cc1cccc(-c3ccccc3C)c1)CC2. The first-order valence-electron chi connectivity index (χ1n) is 9.86. The number of likely N-dealkylation sites (tertiary alicyclic amines) is 1. The van der Waals surface area contributed by atoms with Gasteiger partial charge in [0.1, 0.15) is 0 Å². The fourth-order valence-corrected chi connectivity index (χ4v) is 4.68. The maximum absolute atomic E-state index is 12.0. The van der Waals surface area contributed by atoms with Crippen molar-refractivity contribution in [3.05, 3.63) is 59.7 Å². The number of hydroxylamine groups is 2. The van der Waals surface area contributed by atoms with E-state index >= 15 is 0 Å². The molecule has 2 saturated heterocycles. The Hall–Kier alpha value is -2.17. The number of hydrogen-bond donors (Lipinski definition) is 0. The second-order valence-electron chi connectivity index (χ2n) is 7.89. The summed E-state index contributed by atoms with van der Waals surface area (Å²) in [6.45, 7) is 5.12. The van der Waals surface area contributed by atoms with Crippen LogP contribution in [0.3, 0.4) is 0 Å². The van der Waals surface area contributed by atoms with Gasteiger partial charge in [0, 0.05) is 26.1 Å². The minimum absolute atomic E-state index is 0.0780. The number of amides is 1. The van der Waals surface area contributed by atoms with Crippen molar-refractivity contribution in [2.75, 3.05) is 20.2 Å². The molecule has 0 aliphatic carbocycles. The zero-order valence-electron chi connectivity index (χ0n) is 16.3. The zero-order chi connectivity index (χ0) is 18.9. The monoisotopic (exact) mass is 364 g/mol. The van der Waals surface area contributed by atoms with Gasteiger partial charge in [0.05, 0.1) is 12.6 Å². The summed E-state index contributed by atoms with van der Waals surface area (Å²) in [5, 5.41) is 1.66. The first-order chi connectivity index (χ1) is 13.1. The largest absolute Gasteiger partial charge is 0.299 e. The molecule has 0 atom stereocenters. The topological polar surface area (TPSA) is 32.8 Å². The van der Waals surface area contributed by atoms with Crippen LogP contribution in [0.15, 0.2) is 48.5 Å². The van der Waals surface area contributed by atoms with Crippen molar-refractivity contribution in [3.8, 4) is 11.1 Å². The highest BCUT2D eigenvalue weighted by atomic mass is 16.7. The number of hydrogen-bond acceptors (Lipinski definition) is 3. The Bertz CT molecular complexity index is 825. The summed E-state index contributed by atoms with van der Waals surface area (Å²) in [6.07, 6.45) is 3.52. The lowest BCUT2D eigenvalue weighted by atomic mass is 9.86. The van der Waals surface area contributed by atoms with Gasteiger partial charge >= 0.3 is 0 Å². The highest BCUT2D eigenvalue weighted by molar-refractivity contribution is 5.78. The van der Waals surface area contributed by atoms with Crippen molar-refractivity contribution in [1.82, 2.24) is 9.96 Å². The molecular weight excluding hydrogens is 336 g/mol. The van der Waals surface area contributed by atoms with Gasteiger partial charge in [0.25, 0.3) is 0 Å². The summed E-state index contributed by atoms with van der Waals surface area (Å²) >= 11 is 0. The number of rotatable bonds is 4. The van der Waals surface area contributed by atoms with Gasteiger partial charge in [-0.2, -0.15) is 0 Å². The third-order valence-electron chi connectivity index (χ3n) is 6.22. The average molecular weight is 364 g/mol. The van der Waals surface area contributed by atoms with Crippen LogP contribution in [0.4, 0.5) is 0 Å². The van der Waals surface area contributed by atoms with Gasteiger partial charge in [-0.05, 0) is 54.5 Å². The van der Waals surface area contributed by atoms with Crippen molar-refractivity contribution in [2.24, 2.45) is 0 Å². The van der Waals surface area contributed by atoms with Crippen LogP contribution in [0.25, 0.3) is 11.1 Å². The van der Waals surface area contributed by atoms with Crippen molar-refractivity contribution >= 4 is 5.91 Å². The fourth-order valence-electron chi connectivity index (χ4n) is 4.68. The number of aryl methyl sites for hydroxylation is 1. The van der Waals surface area contributed by atoms with E-state index < -0.39 is 0 Å². The third kappa shape index (κ3) is 3.52. The lowest BCUT2D eigenvalue weighted by molar-refractivity contribution is -0.202. The quantitative estimate of drug-likeness (QED) is 0.816. The zero-order valence-corrected chi connectivity index (χ0v) is 16.3. The first kappa shape index (κ1) is 18.2. The van der Waals surface area contributed by atoms with Crippen molar-refractivity contribution < 1.29 is 9.63 Å². The van der Waals surface area contributed by atoms with Gasteiger partial charge in [-0.3, -0.25) is 14.5 Å².